The molecule has 6 heteroatoms. The predicted octanol–water partition coefficient (Wildman–Crippen LogP) is 3.29. The van der Waals surface area contributed by atoms with Gasteiger partial charge in [0.1, 0.15) is 17.3 Å². The summed E-state index contributed by atoms with van der Waals surface area (Å²) < 4.78 is 5.12. The fraction of sp³-hybridized carbons (Fsp3) is 0.389. The van der Waals surface area contributed by atoms with Gasteiger partial charge < -0.3 is 15.4 Å². The van der Waals surface area contributed by atoms with Crippen molar-refractivity contribution in [3.05, 3.63) is 42.4 Å². The minimum absolute atomic E-state index is 0.148. The zero-order valence-electron chi connectivity index (χ0n) is 13.8. The average molecular weight is 326 g/mol. The zero-order valence-corrected chi connectivity index (χ0v) is 13.8. The van der Waals surface area contributed by atoms with Crippen LogP contribution in [0.5, 0.6) is 5.75 Å². The molecule has 0 spiro atoms. The van der Waals surface area contributed by atoms with Gasteiger partial charge in [0.25, 0.3) is 5.91 Å². The Morgan fingerprint density at radius 1 is 1.08 bits per heavy atom. The van der Waals surface area contributed by atoms with E-state index in [1.807, 2.05) is 24.3 Å². The second-order valence-corrected chi connectivity index (χ2v) is 5.95. The Kier molecular flexibility index (Phi) is 5.25. The van der Waals surface area contributed by atoms with Gasteiger partial charge in [0, 0.05) is 11.7 Å². The molecule has 1 fully saturated rings. The van der Waals surface area contributed by atoms with Crippen LogP contribution < -0.4 is 15.4 Å². The Morgan fingerprint density at radius 2 is 1.83 bits per heavy atom. The molecule has 0 radical (unpaired) electrons. The van der Waals surface area contributed by atoms with Gasteiger partial charge >= 0.3 is 0 Å². The third-order valence-electron chi connectivity index (χ3n) is 4.19. The van der Waals surface area contributed by atoms with Crippen molar-refractivity contribution in [2.45, 2.75) is 38.1 Å². The van der Waals surface area contributed by atoms with Gasteiger partial charge in [0.15, 0.2) is 0 Å². The van der Waals surface area contributed by atoms with E-state index in [-0.39, 0.29) is 11.9 Å². The summed E-state index contributed by atoms with van der Waals surface area (Å²) in [6.45, 7) is 0. The summed E-state index contributed by atoms with van der Waals surface area (Å²) in [6.07, 6.45) is 8.80. The van der Waals surface area contributed by atoms with Crippen molar-refractivity contribution in [2.24, 2.45) is 0 Å². The van der Waals surface area contributed by atoms with E-state index >= 15 is 0 Å². The second kappa shape index (κ2) is 7.77. The Hall–Kier alpha value is -2.63. The predicted molar refractivity (Wildman–Crippen MR) is 92.6 cm³/mol. The highest BCUT2D eigenvalue weighted by Gasteiger charge is 2.17. The molecule has 1 amide bonds. The van der Waals surface area contributed by atoms with Crippen LogP contribution in [-0.2, 0) is 0 Å². The molecular weight excluding hydrogens is 304 g/mol. The summed E-state index contributed by atoms with van der Waals surface area (Å²) in [4.78, 5) is 20.7. The van der Waals surface area contributed by atoms with Gasteiger partial charge in [-0.2, -0.15) is 0 Å². The first kappa shape index (κ1) is 16.2. The van der Waals surface area contributed by atoms with Crippen molar-refractivity contribution in [3.8, 4) is 5.75 Å². The summed E-state index contributed by atoms with van der Waals surface area (Å²) in [5, 5.41) is 6.18. The lowest BCUT2D eigenvalue weighted by Gasteiger charge is -2.22. The molecule has 1 saturated carbocycles. The van der Waals surface area contributed by atoms with Gasteiger partial charge in [-0.1, -0.05) is 19.3 Å². The normalized spacial score (nSPS) is 14.9. The van der Waals surface area contributed by atoms with Crippen molar-refractivity contribution in [2.75, 3.05) is 12.4 Å². The molecule has 1 aliphatic rings. The Balaban J connectivity index is 1.58. The van der Waals surface area contributed by atoms with Gasteiger partial charge in [-0.25, -0.2) is 9.97 Å². The van der Waals surface area contributed by atoms with E-state index < -0.39 is 0 Å². The van der Waals surface area contributed by atoms with Crippen LogP contribution in [0.15, 0.2) is 36.7 Å². The third-order valence-corrected chi connectivity index (χ3v) is 4.19. The highest BCUT2D eigenvalue weighted by molar-refractivity contribution is 5.92. The molecule has 6 nitrogen and oxygen atoms in total. The second-order valence-electron chi connectivity index (χ2n) is 5.95. The number of carbonyl (C=O) groups is 1. The summed E-state index contributed by atoms with van der Waals surface area (Å²) in [5.74, 6) is 1.24. The van der Waals surface area contributed by atoms with E-state index in [0.29, 0.717) is 11.5 Å². The number of nitrogens with one attached hydrogen (secondary N) is 2. The lowest BCUT2D eigenvalue weighted by atomic mass is 9.95. The van der Waals surface area contributed by atoms with Crippen LogP contribution in [0.3, 0.4) is 0 Å². The Morgan fingerprint density at radius 3 is 2.46 bits per heavy atom. The van der Waals surface area contributed by atoms with Gasteiger partial charge in [0.05, 0.1) is 19.5 Å². The van der Waals surface area contributed by atoms with Crippen LogP contribution >= 0.6 is 0 Å². The molecule has 1 aromatic heterocycles. The third kappa shape index (κ3) is 4.22. The molecule has 1 heterocycles. The van der Waals surface area contributed by atoms with E-state index in [9.17, 15) is 4.79 Å². The lowest BCUT2D eigenvalue weighted by molar-refractivity contribution is 0.0922. The number of benzene rings is 1. The lowest BCUT2D eigenvalue weighted by Crippen LogP contribution is -2.36. The van der Waals surface area contributed by atoms with Crippen LogP contribution in [-0.4, -0.2) is 29.0 Å². The number of methoxy groups -OCH3 is 1. The van der Waals surface area contributed by atoms with Crippen LogP contribution in [0.4, 0.5) is 11.5 Å². The first-order chi connectivity index (χ1) is 11.7. The molecule has 2 aromatic rings. The molecule has 0 bridgehead atoms. The minimum atomic E-state index is -0.148. The fourth-order valence-corrected chi connectivity index (χ4v) is 2.84. The summed E-state index contributed by atoms with van der Waals surface area (Å²) >= 11 is 0. The molecule has 0 saturated heterocycles. The maximum atomic E-state index is 12.2. The van der Waals surface area contributed by atoms with E-state index in [2.05, 4.69) is 20.6 Å². The van der Waals surface area contributed by atoms with Gasteiger partial charge in [-0.15, -0.1) is 0 Å². The molecular formula is C18H22N4O2. The highest BCUT2D eigenvalue weighted by atomic mass is 16.5. The molecule has 24 heavy (non-hydrogen) atoms. The summed E-state index contributed by atoms with van der Waals surface area (Å²) in [6, 6.07) is 7.78. The molecule has 2 N–H and O–H groups in total. The van der Waals surface area contributed by atoms with E-state index in [1.165, 1.54) is 25.5 Å². The number of carbonyl (C=O) groups excluding carboxylic acids is 1. The number of ether oxygens (including phenoxy) is 1. The molecule has 0 unspecified atom stereocenters. The minimum Gasteiger partial charge on any atom is -0.497 e. The Bertz CT molecular complexity index is 664. The van der Waals surface area contributed by atoms with Crippen LogP contribution in [0.25, 0.3) is 0 Å². The fourth-order valence-electron chi connectivity index (χ4n) is 2.84. The highest BCUT2D eigenvalue weighted by Crippen LogP contribution is 2.19. The molecule has 0 atom stereocenters. The van der Waals surface area contributed by atoms with E-state index in [0.717, 1.165) is 24.3 Å². The van der Waals surface area contributed by atoms with Crippen LogP contribution in [0, 0.1) is 0 Å². The molecule has 3 rings (SSSR count). The largest absolute Gasteiger partial charge is 0.497 e. The smallest absolute Gasteiger partial charge is 0.271 e. The quantitative estimate of drug-likeness (QED) is 0.882. The van der Waals surface area contributed by atoms with Gasteiger partial charge in [-0.05, 0) is 37.1 Å². The van der Waals surface area contributed by atoms with Crippen molar-refractivity contribution in [1.82, 2.24) is 15.3 Å². The standard InChI is InChI=1S/C18H22N4O2/c1-24-15-9-7-14(8-10-15)21-17-12-19-16(11-20-17)18(23)22-13-5-3-2-4-6-13/h7-13H,2-6H2,1H3,(H,20,21)(H,22,23). The maximum absolute atomic E-state index is 12.2. The number of aromatic nitrogens is 2. The molecule has 1 aromatic carbocycles. The first-order valence-corrected chi connectivity index (χ1v) is 8.28. The van der Waals surface area contributed by atoms with Crippen molar-refractivity contribution in [1.29, 1.82) is 0 Å². The summed E-state index contributed by atoms with van der Waals surface area (Å²) in [5.41, 5.74) is 1.23. The van der Waals surface area contributed by atoms with Crippen LogP contribution in [0.2, 0.25) is 0 Å². The number of rotatable bonds is 5. The molecule has 126 valence electrons. The number of nitrogens with zero attached hydrogens (tertiary/aromatic N) is 2. The number of anilines is 2. The topological polar surface area (TPSA) is 76.1 Å². The first-order valence-electron chi connectivity index (χ1n) is 8.28. The monoisotopic (exact) mass is 326 g/mol. The average Bonchev–Trinajstić information content (AvgIpc) is 2.64. The summed E-state index contributed by atoms with van der Waals surface area (Å²) in [7, 11) is 1.63. The van der Waals surface area contributed by atoms with Crippen molar-refractivity contribution < 1.29 is 9.53 Å². The van der Waals surface area contributed by atoms with Crippen molar-refractivity contribution in [3.63, 3.8) is 0 Å². The number of hydrogen-bond acceptors (Lipinski definition) is 5. The van der Waals surface area contributed by atoms with Crippen molar-refractivity contribution >= 4 is 17.4 Å². The van der Waals surface area contributed by atoms with Gasteiger partial charge in [0.2, 0.25) is 0 Å². The zero-order chi connectivity index (χ0) is 16.8. The van der Waals surface area contributed by atoms with E-state index in [4.69, 9.17) is 4.74 Å². The van der Waals surface area contributed by atoms with Gasteiger partial charge in [-0.3, -0.25) is 4.79 Å². The molecule has 1 aliphatic carbocycles. The van der Waals surface area contributed by atoms with Crippen LogP contribution in [0.1, 0.15) is 42.6 Å². The Labute approximate surface area is 141 Å². The number of hydrogen-bond donors (Lipinski definition) is 2. The van der Waals surface area contributed by atoms with E-state index in [1.54, 1.807) is 13.3 Å². The molecule has 0 aliphatic heterocycles. The maximum Gasteiger partial charge on any atom is 0.271 e. The number of amides is 1. The SMILES string of the molecule is COc1ccc(Nc2cnc(C(=O)NC3CCCCC3)cn2)cc1.